The van der Waals surface area contributed by atoms with Gasteiger partial charge in [-0.05, 0) is 42.7 Å². The van der Waals surface area contributed by atoms with Crippen molar-refractivity contribution in [3.05, 3.63) is 54.1 Å². The van der Waals surface area contributed by atoms with Crippen molar-refractivity contribution >= 4 is 0 Å². The van der Waals surface area contributed by atoms with Crippen molar-refractivity contribution in [1.29, 1.82) is 0 Å². The Bertz CT molecular complexity index is 531. The molecule has 2 aromatic rings. The summed E-state index contributed by atoms with van der Waals surface area (Å²) in [5, 5.41) is 0. The molecule has 1 atom stereocenters. The van der Waals surface area contributed by atoms with Crippen LogP contribution in [-0.2, 0) is 6.42 Å². The number of benzene rings is 1. The highest BCUT2D eigenvalue weighted by molar-refractivity contribution is 5.33. The van der Waals surface area contributed by atoms with Crippen LogP contribution in [0.3, 0.4) is 0 Å². The zero-order chi connectivity index (χ0) is 13.7. The summed E-state index contributed by atoms with van der Waals surface area (Å²) < 4.78 is 19.3. The van der Waals surface area contributed by atoms with E-state index in [1.54, 1.807) is 30.6 Å². The third-order valence-electron chi connectivity index (χ3n) is 2.88. The van der Waals surface area contributed by atoms with E-state index in [2.05, 4.69) is 4.98 Å². The number of ether oxygens (including phenoxy) is 1. The number of rotatable bonds is 5. The number of halogens is 1. The SMILES string of the molecule is CCC(N)Cc1ccc(Oc2cccnc2)c(F)c1. The molecule has 0 fully saturated rings. The van der Waals surface area contributed by atoms with E-state index in [4.69, 9.17) is 10.5 Å². The van der Waals surface area contributed by atoms with Crippen LogP contribution in [0.4, 0.5) is 4.39 Å². The molecular formula is C15H17FN2O. The van der Waals surface area contributed by atoms with Gasteiger partial charge in [-0.2, -0.15) is 0 Å². The van der Waals surface area contributed by atoms with Gasteiger partial charge in [0.2, 0.25) is 0 Å². The van der Waals surface area contributed by atoms with Gasteiger partial charge in [0.25, 0.3) is 0 Å². The topological polar surface area (TPSA) is 48.1 Å². The number of pyridine rings is 1. The molecule has 0 saturated carbocycles. The molecule has 1 heterocycles. The number of nitrogens with two attached hydrogens (primary N) is 1. The molecule has 2 rings (SSSR count). The minimum atomic E-state index is -0.385. The second-order valence-corrected chi connectivity index (χ2v) is 4.43. The van der Waals surface area contributed by atoms with Crippen molar-refractivity contribution in [3.8, 4) is 11.5 Å². The Kier molecular flexibility index (Phi) is 4.47. The third-order valence-corrected chi connectivity index (χ3v) is 2.88. The van der Waals surface area contributed by atoms with E-state index in [0.717, 1.165) is 12.0 Å². The molecule has 3 nitrogen and oxygen atoms in total. The molecule has 0 aliphatic heterocycles. The number of hydrogen-bond donors (Lipinski definition) is 1. The fraction of sp³-hybridized carbons (Fsp3) is 0.267. The lowest BCUT2D eigenvalue weighted by atomic mass is 10.0. The normalized spacial score (nSPS) is 12.2. The van der Waals surface area contributed by atoms with Crippen LogP contribution < -0.4 is 10.5 Å². The Morgan fingerprint density at radius 2 is 2.21 bits per heavy atom. The second-order valence-electron chi connectivity index (χ2n) is 4.43. The van der Waals surface area contributed by atoms with Gasteiger partial charge < -0.3 is 10.5 Å². The van der Waals surface area contributed by atoms with Crippen LogP contribution in [0.25, 0.3) is 0 Å². The van der Waals surface area contributed by atoms with E-state index in [0.29, 0.717) is 12.2 Å². The fourth-order valence-electron chi connectivity index (χ4n) is 1.74. The van der Waals surface area contributed by atoms with Gasteiger partial charge in [0.05, 0.1) is 6.20 Å². The van der Waals surface area contributed by atoms with Gasteiger partial charge in [0, 0.05) is 12.2 Å². The molecule has 0 radical (unpaired) electrons. The Morgan fingerprint density at radius 3 is 2.84 bits per heavy atom. The summed E-state index contributed by atoms with van der Waals surface area (Å²) in [6, 6.07) is 8.46. The molecule has 0 aliphatic carbocycles. The number of hydrogen-bond acceptors (Lipinski definition) is 3. The Hall–Kier alpha value is -1.94. The predicted molar refractivity (Wildman–Crippen MR) is 72.7 cm³/mol. The summed E-state index contributed by atoms with van der Waals surface area (Å²) in [6.07, 6.45) is 4.72. The third kappa shape index (κ3) is 3.76. The summed E-state index contributed by atoms with van der Waals surface area (Å²) in [4.78, 5) is 3.91. The maximum atomic E-state index is 13.9. The van der Waals surface area contributed by atoms with Crippen LogP contribution in [0, 0.1) is 5.82 Å². The predicted octanol–water partition coefficient (Wildman–Crippen LogP) is 3.29. The van der Waals surface area contributed by atoms with E-state index >= 15 is 0 Å². The average molecular weight is 260 g/mol. The molecule has 1 unspecified atom stereocenters. The Balaban J connectivity index is 2.11. The zero-order valence-corrected chi connectivity index (χ0v) is 10.8. The van der Waals surface area contributed by atoms with Crippen LogP contribution in [0.5, 0.6) is 11.5 Å². The summed E-state index contributed by atoms with van der Waals surface area (Å²) in [5.74, 6) is 0.325. The van der Waals surface area contributed by atoms with Gasteiger partial charge in [0.1, 0.15) is 5.75 Å². The van der Waals surface area contributed by atoms with Crippen molar-refractivity contribution < 1.29 is 9.13 Å². The highest BCUT2D eigenvalue weighted by atomic mass is 19.1. The first-order valence-electron chi connectivity index (χ1n) is 6.31. The van der Waals surface area contributed by atoms with Gasteiger partial charge in [-0.1, -0.05) is 13.0 Å². The molecule has 100 valence electrons. The van der Waals surface area contributed by atoms with E-state index < -0.39 is 0 Å². The maximum Gasteiger partial charge on any atom is 0.165 e. The van der Waals surface area contributed by atoms with E-state index in [1.807, 2.05) is 13.0 Å². The first-order chi connectivity index (χ1) is 9.19. The fourth-order valence-corrected chi connectivity index (χ4v) is 1.74. The van der Waals surface area contributed by atoms with Gasteiger partial charge in [-0.3, -0.25) is 4.98 Å². The van der Waals surface area contributed by atoms with Gasteiger partial charge in [-0.25, -0.2) is 4.39 Å². The lowest BCUT2D eigenvalue weighted by molar-refractivity contribution is 0.439. The Labute approximate surface area is 112 Å². The van der Waals surface area contributed by atoms with Gasteiger partial charge in [0.15, 0.2) is 11.6 Å². The maximum absolute atomic E-state index is 13.9. The largest absolute Gasteiger partial charge is 0.453 e. The number of aromatic nitrogens is 1. The molecule has 0 bridgehead atoms. The van der Waals surface area contributed by atoms with Gasteiger partial charge >= 0.3 is 0 Å². The summed E-state index contributed by atoms with van der Waals surface area (Å²) in [7, 11) is 0. The van der Waals surface area contributed by atoms with Crippen LogP contribution >= 0.6 is 0 Å². The van der Waals surface area contributed by atoms with Crippen LogP contribution in [-0.4, -0.2) is 11.0 Å². The summed E-state index contributed by atoms with van der Waals surface area (Å²) in [5.41, 5.74) is 6.73. The highest BCUT2D eigenvalue weighted by Crippen LogP contribution is 2.24. The molecule has 19 heavy (non-hydrogen) atoms. The molecule has 1 aromatic carbocycles. The van der Waals surface area contributed by atoms with Crippen molar-refractivity contribution in [2.24, 2.45) is 5.73 Å². The minimum Gasteiger partial charge on any atom is -0.453 e. The van der Waals surface area contributed by atoms with E-state index in [-0.39, 0.29) is 17.6 Å². The van der Waals surface area contributed by atoms with Crippen molar-refractivity contribution in [2.75, 3.05) is 0 Å². The standard InChI is InChI=1S/C15H17FN2O/c1-2-12(17)8-11-5-6-15(14(16)9-11)19-13-4-3-7-18-10-13/h3-7,9-10,12H,2,8,17H2,1H3. The quantitative estimate of drug-likeness (QED) is 0.897. The smallest absolute Gasteiger partial charge is 0.165 e. The van der Waals surface area contributed by atoms with E-state index in [1.165, 1.54) is 6.07 Å². The monoisotopic (exact) mass is 260 g/mol. The average Bonchev–Trinajstić information content (AvgIpc) is 2.43. The molecule has 0 amide bonds. The lowest BCUT2D eigenvalue weighted by Crippen LogP contribution is -2.21. The first-order valence-corrected chi connectivity index (χ1v) is 6.31. The zero-order valence-electron chi connectivity index (χ0n) is 10.8. The molecule has 2 N–H and O–H groups in total. The molecular weight excluding hydrogens is 243 g/mol. The second kappa shape index (κ2) is 6.29. The summed E-state index contributed by atoms with van der Waals surface area (Å²) in [6.45, 7) is 2.01. The molecule has 1 aromatic heterocycles. The summed E-state index contributed by atoms with van der Waals surface area (Å²) >= 11 is 0. The number of nitrogens with zero attached hydrogens (tertiary/aromatic N) is 1. The molecule has 0 saturated heterocycles. The van der Waals surface area contributed by atoms with Crippen molar-refractivity contribution in [2.45, 2.75) is 25.8 Å². The lowest BCUT2D eigenvalue weighted by Gasteiger charge is -2.11. The van der Waals surface area contributed by atoms with Gasteiger partial charge in [-0.15, -0.1) is 0 Å². The molecule has 4 heteroatoms. The Morgan fingerprint density at radius 1 is 1.37 bits per heavy atom. The molecule has 0 spiro atoms. The van der Waals surface area contributed by atoms with Crippen LogP contribution in [0.2, 0.25) is 0 Å². The van der Waals surface area contributed by atoms with Crippen LogP contribution in [0.15, 0.2) is 42.7 Å². The minimum absolute atomic E-state index is 0.0597. The first kappa shape index (κ1) is 13.5. The molecule has 0 aliphatic rings. The van der Waals surface area contributed by atoms with E-state index in [9.17, 15) is 4.39 Å². The van der Waals surface area contributed by atoms with Crippen molar-refractivity contribution in [3.63, 3.8) is 0 Å². The highest BCUT2D eigenvalue weighted by Gasteiger charge is 2.08. The van der Waals surface area contributed by atoms with Crippen LogP contribution in [0.1, 0.15) is 18.9 Å². The van der Waals surface area contributed by atoms with Crippen molar-refractivity contribution in [1.82, 2.24) is 4.98 Å².